The van der Waals surface area contributed by atoms with Gasteiger partial charge in [-0.15, -0.1) is 0 Å². The second-order valence-electron chi connectivity index (χ2n) is 4.46. The molecule has 0 radical (unpaired) electrons. The molecule has 4 nitrogen and oxygen atoms in total. The lowest BCUT2D eigenvalue weighted by molar-refractivity contribution is -0.00524. The molecule has 0 aromatic heterocycles. The van der Waals surface area contributed by atoms with E-state index < -0.39 is 0 Å². The Morgan fingerprint density at radius 3 is 2.83 bits per heavy atom. The third kappa shape index (κ3) is 3.37. The molecule has 4 heteroatoms. The van der Waals surface area contributed by atoms with Crippen molar-refractivity contribution in [2.24, 2.45) is 0 Å². The number of rotatable bonds is 5. The van der Waals surface area contributed by atoms with Gasteiger partial charge in [-0.1, -0.05) is 12.1 Å². The van der Waals surface area contributed by atoms with Crippen LogP contribution in [0.3, 0.4) is 0 Å². The molecule has 1 aromatic carbocycles. The smallest absolute Gasteiger partial charge is 0.161 e. The molecule has 100 valence electrons. The van der Waals surface area contributed by atoms with Gasteiger partial charge in [0.25, 0.3) is 0 Å². The van der Waals surface area contributed by atoms with Crippen molar-refractivity contribution in [2.45, 2.75) is 13.0 Å². The molecule has 0 spiro atoms. The maximum atomic E-state index is 5.77. The van der Waals surface area contributed by atoms with Crippen molar-refractivity contribution in [2.75, 3.05) is 40.0 Å². The normalized spacial score (nSPS) is 20.7. The lowest BCUT2D eigenvalue weighted by Crippen LogP contribution is -2.45. The monoisotopic (exact) mass is 251 g/mol. The molecular weight excluding hydrogens is 230 g/mol. The van der Waals surface area contributed by atoms with Crippen LogP contribution >= 0.6 is 0 Å². The molecule has 1 aromatic rings. The minimum Gasteiger partial charge on any atom is -0.493 e. The van der Waals surface area contributed by atoms with E-state index in [1.54, 1.807) is 7.11 Å². The number of hydrogen-bond acceptors (Lipinski definition) is 4. The summed E-state index contributed by atoms with van der Waals surface area (Å²) in [6.07, 6.45) is 0. The summed E-state index contributed by atoms with van der Waals surface area (Å²) in [6, 6.07) is 8.21. The summed E-state index contributed by atoms with van der Waals surface area (Å²) in [7, 11) is 1.66. The van der Waals surface area contributed by atoms with Crippen LogP contribution in [0.15, 0.2) is 24.3 Å². The molecule has 2 rings (SSSR count). The summed E-state index contributed by atoms with van der Waals surface area (Å²) < 4.78 is 16.4. The van der Waals surface area contributed by atoms with Crippen molar-refractivity contribution in [3.05, 3.63) is 24.3 Å². The second-order valence-corrected chi connectivity index (χ2v) is 4.46. The van der Waals surface area contributed by atoms with Crippen molar-refractivity contribution in [3.8, 4) is 11.5 Å². The Kier molecular flexibility index (Phi) is 4.84. The Labute approximate surface area is 108 Å². The lowest BCUT2D eigenvalue weighted by atomic mass is 10.2. The molecule has 1 heterocycles. The van der Waals surface area contributed by atoms with Gasteiger partial charge in [0.05, 0.1) is 20.3 Å². The van der Waals surface area contributed by atoms with Crippen LogP contribution in [0.25, 0.3) is 0 Å². The minimum atomic E-state index is 0.472. The zero-order valence-corrected chi connectivity index (χ0v) is 11.1. The van der Waals surface area contributed by atoms with E-state index in [4.69, 9.17) is 14.2 Å². The minimum absolute atomic E-state index is 0.472. The third-order valence-electron chi connectivity index (χ3n) is 3.21. The first-order chi connectivity index (χ1) is 8.81. The summed E-state index contributed by atoms with van der Waals surface area (Å²) in [4.78, 5) is 2.39. The first-order valence-electron chi connectivity index (χ1n) is 6.39. The van der Waals surface area contributed by atoms with Crippen LogP contribution in [0.1, 0.15) is 6.92 Å². The summed E-state index contributed by atoms with van der Waals surface area (Å²) in [5.41, 5.74) is 0. The SMILES string of the molecule is COc1ccccc1OCCN1CCOCC1C. The van der Waals surface area contributed by atoms with Gasteiger partial charge in [-0.05, 0) is 19.1 Å². The molecule has 0 amide bonds. The van der Waals surface area contributed by atoms with Gasteiger partial charge < -0.3 is 14.2 Å². The Morgan fingerprint density at radius 1 is 1.33 bits per heavy atom. The van der Waals surface area contributed by atoms with E-state index in [0.29, 0.717) is 12.6 Å². The maximum Gasteiger partial charge on any atom is 0.161 e. The van der Waals surface area contributed by atoms with Crippen molar-refractivity contribution < 1.29 is 14.2 Å². The molecule has 1 fully saturated rings. The van der Waals surface area contributed by atoms with E-state index in [0.717, 1.165) is 37.8 Å². The zero-order chi connectivity index (χ0) is 12.8. The van der Waals surface area contributed by atoms with Crippen molar-refractivity contribution in [1.82, 2.24) is 4.90 Å². The first kappa shape index (κ1) is 13.2. The van der Waals surface area contributed by atoms with Crippen LogP contribution in [0.4, 0.5) is 0 Å². The molecule has 0 bridgehead atoms. The average Bonchev–Trinajstić information content (AvgIpc) is 2.41. The Balaban J connectivity index is 1.80. The molecule has 18 heavy (non-hydrogen) atoms. The van der Waals surface area contributed by atoms with Gasteiger partial charge in [-0.2, -0.15) is 0 Å². The standard InChI is InChI=1S/C14H21NO3/c1-12-11-17-9-7-15(12)8-10-18-14-6-4-3-5-13(14)16-2/h3-6,12H,7-11H2,1-2H3. The van der Waals surface area contributed by atoms with Crippen molar-refractivity contribution in [1.29, 1.82) is 0 Å². The maximum absolute atomic E-state index is 5.77. The highest BCUT2D eigenvalue weighted by atomic mass is 16.5. The number of morpholine rings is 1. The van der Waals surface area contributed by atoms with E-state index in [1.165, 1.54) is 0 Å². The average molecular weight is 251 g/mol. The van der Waals surface area contributed by atoms with Gasteiger partial charge in [-0.3, -0.25) is 4.90 Å². The lowest BCUT2D eigenvalue weighted by Gasteiger charge is -2.32. The highest BCUT2D eigenvalue weighted by Crippen LogP contribution is 2.25. The fraction of sp³-hybridized carbons (Fsp3) is 0.571. The van der Waals surface area contributed by atoms with Crippen molar-refractivity contribution >= 4 is 0 Å². The zero-order valence-electron chi connectivity index (χ0n) is 11.1. The van der Waals surface area contributed by atoms with Crippen LogP contribution in [0, 0.1) is 0 Å². The van der Waals surface area contributed by atoms with E-state index in [9.17, 15) is 0 Å². The molecule has 0 aliphatic carbocycles. The van der Waals surface area contributed by atoms with Crippen LogP contribution in [0.2, 0.25) is 0 Å². The Morgan fingerprint density at radius 2 is 2.11 bits per heavy atom. The number of ether oxygens (including phenoxy) is 3. The molecule has 0 N–H and O–H groups in total. The van der Waals surface area contributed by atoms with Gasteiger partial charge in [0.15, 0.2) is 11.5 Å². The number of benzene rings is 1. The molecule has 1 aliphatic heterocycles. The number of hydrogen-bond donors (Lipinski definition) is 0. The predicted molar refractivity (Wildman–Crippen MR) is 70.3 cm³/mol. The molecular formula is C14H21NO3. The highest BCUT2D eigenvalue weighted by Gasteiger charge is 2.18. The fourth-order valence-electron chi connectivity index (χ4n) is 2.10. The molecule has 1 unspecified atom stereocenters. The van der Waals surface area contributed by atoms with Gasteiger partial charge in [-0.25, -0.2) is 0 Å². The molecule has 1 saturated heterocycles. The summed E-state index contributed by atoms with van der Waals surface area (Å²) in [5.74, 6) is 1.59. The fourth-order valence-corrected chi connectivity index (χ4v) is 2.10. The van der Waals surface area contributed by atoms with E-state index in [2.05, 4.69) is 11.8 Å². The van der Waals surface area contributed by atoms with E-state index in [1.807, 2.05) is 24.3 Å². The number of methoxy groups -OCH3 is 1. The predicted octanol–water partition coefficient (Wildman–Crippen LogP) is 1.79. The Hall–Kier alpha value is -1.26. The van der Waals surface area contributed by atoms with Gasteiger partial charge in [0, 0.05) is 19.1 Å². The number of nitrogens with zero attached hydrogens (tertiary/aromatic N) is 1. The van der Waals surface area contributed by atoms with Crippen molar-refractivity contribution in [3.63, 3.8) is 0 Å². The number of para-hydroxylation sites is 2. The van der Waals surface area contributed by atoms with E-state index in [-0.39, 0.29) is 0 Å². The topological polar surface area (TPSA) is 30.9 Å². The van der Waals surface area contributed by atoms with Gasteiger partial charge >= 0.3 is 0 Å². The van der Waals surface area contributed by atoms with Crippen LogP contribution < -0.4 is 9.47 Å². The Bertz CT molecular complexity index is 370. The van der Waals surface area contributed by atoms with Gasteiger partial charge in [0.1, 0.15) is 6.61 Å². The first-order valence-corrected chi connectivity index (χ1v) is 6.39. The largest absolute Gasteiger partial charge is 0.493 e. The molecule has 1 aliphatic rings. The molecule has 0 saturated carbocycles. The van der Waals surface area contributed by atoms with Crippen LogP contribution in [-0.2, 0) is 4.74 Å². The summed E-state index contributed by atoms with van der Waals surface area (Å²) in [5, 5.41) is 0. The van der Waals surface area contributed by atoms with Crippen LogP contribution in [-0.4, -0.2) is 51.0 Å². The summed E-state index contributed by atoms with van der Waals surface area (Å²) in [6.45, 7) is 6.39. The third-order valence-corrected chi connectivity index (χ3v) is 3.21. The van der Waals surface area contributed by atoms with E-state index >= 15 is 0 Å². The summed E-state index contributed by atoms with van der Waals surface area (Å²) >= 11 is 0. The highest BCUT2D eigenvalue weighted by molar-refractivity contribution is 5.39. The quantitative estimate of drug-likeness (QED) is 0.798. The molecule has 1 atom stereocenters. The van der Waals surface area contributed by atoms with Crippen LogP contribution in [0.5, 0.6) is 11.5 Å². The second kappa shape index (κ2) is 6.61. The van der Waals surface area contributed by atoms with Gasteiger partial charge in [0.2, 0.25) is 0 Å².